The number of benzene rings is 6. The lowest BCUT2D eigenvalue weighted by molar-refractivity contribution is 0.414. The van der Waals surface area contributed by atoms with Crippen molar-refractivity contribution in [3.05, 3.63) is 130 Å². The first-order chi connectivity index (χ1) is 25.6. The SMILES string of the molecule is COc1cc(C)c2op(Oc3c(C)cc(C)cc3-c3cc(C)cc(C)c3OP3Nc4ccccc4-c4ccccc43)oc3c(C)cc(OC)cc3c2c1. The van der Waals surface area contributed by atoms with Crippen LogP contribution >= 0.6 is 16.5 Å². The summed E-state index contributed by atoms with van der Waals surface area (Å²) in [4.78, 5) is 0. The van der Waals surface area contributed by atoms with Crippen LogP contribution in [0.3, 0.4) is 0 Å². The van der Waals surface area contributed by atoms with Crippen LogP contribution in [0.4, 0.5) is 5.69 Å². The molecule has 1 aliphatic heterocycles. The molecule has 0 bridgehead atoms. The Hall–Kier alpha value is -5.35. The Labute approximate surface area is 312 Å². The highest BCUT2D eigenvalue weighted by Crippen LogP contribution is 2.52. The molecule has 0 saturated heterocycles. The maximum Gasteiger partial charge on any atom is 0.453 e. The second kappa shape index (κ2) is 13.9. The van der Waals surface area contributed by atoms with Gasteiger partial charge in [0.1, 0.15) is 34.2 Å². The number of hydrogen-bond donors (Lipinski definition) is 1. The molecule has 7 nitrogen and oxygen atoms in total. The molecular weight excluding hydrogens is 700 g/mol. The minimum atomic E-state index is -1.98. The van der Waals surface area contributed by atoms with E-state index in [1.54, 1.807) is 14.2 Å². The summed E-state index contributed by atoms with van der Waals surface area (Å²) in [7, 11) is 0.0962. The first-order valence-corrected chi connectivity index (χ1v) is 19.8. The number of methoxy groups -OCH3 is 2. The summed E-state index contributed by atoms with van der Waals surface area (Å²) in [6, 6.07) is 33.4. The van der Waals surface area contributed by atoms with E-state index < -0.39 is 16.5 Å². The van der Waals surface area contributed by atoms with Crippen molar-refractivity contribution in [2.45, 2.75) is 41.5 Å². The number of aryl methyl sites for hydroxylation is 6. The molecule has 1 aromatic heterocycles. The molecule has 8 rings (SSSR count). The lowest BCUT2D eigenvalue weighted by Gasteiger charge is -2.30. The second-order valence-electron chi connectivity index (χ2n) is 13.6. The average Bonchev–Trinajstić information content (AvgIpc) is 3.30. The molecule has 0 spiro atoms. The highest BCUT2D eigenvalue weighted by Gasteiger charge is 2.29. The van der Waals surface area contributed by atoms with Crippen LogP contribution in [-0.4, -0.2) is 14.2 Å². The molecule has 6 aromatic carbocycles. The fraction of sp³-hybridized carbons (Fsp3) is 0.182. The van der Waals surface area contributed by atoms with Crippen LogP contribution in [0, 0.1) is 41.5 Å². The van der Waals surface area contributed by atoms with Gasteiger partial charge in [-0.3, -0.25) is 0 Å². The molecule has 0 radical (unpaired) electrons. The maximum atomic E-state index is 7.14. The van der Waals surface area contributed by atoms with Gasteiger partial charge in [0.2, 0.25) is 8.30 Å². The zero-order valence-corrected chi connectivity index (χ0v) is 32.9. The molecule has 0 aliphatic carbocycles. The van der Waals surface area contributed by atoms with E-state index in [9.17, 15) is 0 Å². The van der Waals surface area contributed by atoms with Gasteiger partial charge in [-0.05, 0) is 129 Å². The Bertz CT molecular complexity index is 2540. The minimum Gasteiger partial charge on any atom is -0.497 e. The zero-order chi connectivity index (χ0) is 37.0. The summed E-state index contributed by atoms with van der Waals surface area (Å²) in [5.74, 6) is 2.93. The van der Waals surface area contributed by atoms with E-state index >= 15 is 0 Å². The average molecular weight is 742 g/mol. The first-order valence-electron chi connectivity index (χ1n) is 17.5. The van der Waals surface area contributed by atoms with Crippen LogP contribution in [0.25, 0.3) is 44.2 Å². The second-order valence-corrected chi connectivity index (χ2v) is 16.1. The number of rotatable bonds is 7. The van der Waals surface area contributed by atoms with Crippen LogP contribution in [0.15, 0.2) is 105 Å². The van der Waals surface area contributed by atoms with Crippen molar-refractivity contribution in [2.75, 3.05) is 19.3 Å². The highest BCUT2D eigenvalue weighted by molar-refractivity contribution is 7.63. The number of nitrogens with one attached hydrogen (secondary N) is 1. The molecule has 7 aromatic rings. The predicted octanol–water partition coefficient (Wildman–Crippen LogP) is 12.8. The summed E-state index contributed by atoms with van der Waals surface area (Å²) >= 11 is 0. The van der Waals surface area contributed by atoms with Crippen molar-refractivity contribution in [3.63, 3.8) is 0 Å². The number of ether oxygens (including phenoxy) is 2. The molecule has 2 heterocycles. The molecular formula is C44H41NO6P2. The van der Waals surface area contributed by atoms with Gasteiger partial charge in [-0.15, -0.1) is 0 Å². The predicted molar refractivity (Wildman–Crippen MR) is 218 cm³/mol. The van der Waals surface area contributed by atoms with Gasteiger partial charge in [0, 0.05) is 38.5 Å². The fourth-order valence-corrected chi connectivity index (χ4v) is 10.2. The fourth-order valence-electron chi connectivity index (χ4n) is 7.22. The Balaban J connectivity index is 1.31. The van der Waals surface area contributed by atoms with E-state index in [0.29, 0.717) is 16.9 Å². The Kier molecular flexibility index (Phi) is 9.10. The third-order valence-electron chi connectivity index (χ3n) is 9.63. The standard InChI is InChI=1S/C44H41NO6P2/c1-25-17-27(3)41(48-52-40-16-12-10-14-34(40)33-13-9-11-15-39(33)45-52)35(19-25)36-20-26(2)18-28(4)42(36)49-53-50-43-29(5)21-31(46-7)23-37(43)38-24-32(47-8)22-30(6)44(38)51-53/h9-24,45H,1-8H3. The molecule has 268 valence electrons. The van der Waals surface area contributed by atoms with E-state index in [-0.39, 0.29) is 0 Å². The van der Waals surface area contributed by atoms with Gasteiger partial charge in [-0.1, -0.05) is 48.5 Å². The van der Waals surface area contributed by atoms with Gasteiger partial charge < -0.3 is 32.0 Å². The number of anilines is 1. The lowest BCUT2D eigenvalue weighted by Crippen LogP contribution is -2.19. The van der Waals surface area contributed by atoms with E-state index in [0.717, 1.165) is 83.5 Å². The first kappa shape index (κ1) is 34.7. The van der Waals surface area contributed by atoms with Gasteiger partial charge in [-0.2, -0.15) is 0 Å². The minimum absolute atomic E-state index is 0.675. The zero-order valence-electron chi connectivity index (χ0n) is 31.1. The van der Waals surface area contributed by atoms with Crippen molar-refractivity contribution in [1.29, 1.82) is 0 Å². The Morgan fingerprint density at radius 2 is 1.02 bits per heavy atom. The highest BCUT2D eigenvalue weighted by atomic mass is 31.2. The van der Waals surface area contributed by atoms with Crippen molar-refractivity contribution < 1.29 is 26.9 Å². The lowest BCUT2D eigenvalue weighted by atomic mass is 9.95. The molecule has 9 heteroatoms. The smallest absolute Gasteiger partial charge is 0.453 e. The number of para-hydroxylation sites is 1. The normalized spacial score (nSPS) is 13.2. The van der Waals surface area contributed by atoms with Crippen molar-refractivity contribution in [2.24, 2.45) is 0 Å². The summed E-state index contributed by atoms with van der Waals surface area (Å²) in [5.41, 5.74) is 12.6. The third kappa shape index (κ3) is 6.39. The topological polar surface area (TPSA) is 75.2 Å². The van der Waals surface area contributed by atoms with E-state index in [1.807, 2.05) is 38.1 Å². The van der Waals surface area contributed by atoms with Gasteiger partial charge in [-0.25, -0.2) is 0 Å². The summed E-state index contributed by atoms with van der Waals surface area (Å²) < 4.78 is 38.9. The van der Waals surface area contributed by atoms with Crippen molar-refractivity contribution in [1.82, 2.24) is 0 Å². The third-order valence-corrected chi connectivity index (χ3v) is 12.3. The van der Waals surface area contributed by atoms with Gasteiger partial charge in [0.15, 0.2) is 0 Å². The number of hydrogen-bond acceptors (Lipinski definition) is 7. The van der Waals surface area contributed by atoms with E-state index in [4.69, 9.17) is 26.9 Å². The summed E-state index contributed by atoms with van der Waals surface area (Å²) in [5, 5.41) is 6.58. The number of fused-ring (bicyclic) bond motifs is 6. The quantitative estimate of drug-likeness (QED) is 0.163. The van der Waals surface area contributed by atoms with Crippen molar-refractivity contribution in [3.8, 4) is 45.3 Å². The van der Waals surface area contributed by atoms with Crippen LogP contribution in [0.2, 0.25) is 0 Å². The summed E-state index contributed by atoms with van der Waals surface area (Å²) in [6.07, 6.45) is 0. The van der Waals surface area contributed by atoms with Crippen LogP contribution in [-0.2, 0) is 0 Å². The molecule has 1 unspecified atom stereocenters. The van der Waals surface area contributed by atoms with Crippen LogP contribution in [0.1, 0.15) is 33.4 Å². The van der Waals surface area contributed by atoms with Gasteiger partial charge in [0.05, 0.1) is 14.2 Å². The molecule has 0 amide bonds. The largest absolute Gasteiger partial charge is 0.497 e. The Morgan fingerprint density at radius 1 is 0.509 bits per heavy atom. The molecule has 1 N–H and O–H groups in total. The van der Waals surface area contributed by atoms with Gasteiger partial charge in [0.25, 0.3) is 0 Å². The van der Waals surface area contributed by atoms with Crippen LogP contribution < -0.4 is 28.9 Å². The molecule has 0 fully saturated rings. The summed E-state index contributed by atoms with van der Waals surface area (Å²) in [6.45, 7) is 12.4. The van der Waals surface area contributed by atoms with Crippen molar-refractivity contribution >= 4 is 49.5 Å². The molecule has 1 aliphatic rings. The molecule has 0 saturated carbocycles. The van der Waals surface area contributed by atoms with E-state index in [2.05, 4.69) is 106 Å². The maximum absolute atomic E-state index is 7.14. The van der Waals surface area contributed by atoms with Gasteiger partial charge >= 0.3 is 8.24 Å². The van der Waals surface area contributed by atoms with Crippen LogP contribution in [0.5, 0.6) is 23.0 Å². The molecule has 53 heavy (non-hydrogen) atoms. The molecule has 1 atom stereocenters. The van der Waals surface area contributed by atoms with E-state index in [1.165, 1.54) is 11.1 Å². The Morgan fingerprint density at radius 3 is 1.58 bits per heavy atom. The monoisotopic (exact) mass is 741 g/mol.